The highest BCUT2D eigenvalue weighted by molar-refractivity contribution is 6.07. The van der Waals surface area contributed by atoms with Crippen molar-refractivity contribution in [1.29, 1.82) is 0 Å². The zero-order chi connectivity index (χ0) is 14.9. The number of ether oxygens (including phenoxy) is 1. The Morgan fingerprint density at radius 1 is 1.50 bits per heavy atom. The van der Waals surface area contributed by atoms with Crippen molar-refractivity contribution >= 4 is 17.3 Å². The van der Waals surface area contributed by atoms with Crippen molar-refractivity contribution in [2.75, 3.05) is 18.2 Å². The van der Waals surface area contributed by atoms with Crippen LogP contribution in [0.3, 0.4) is 0 Å². The number of hydrogen-bond donors (Lipinski definition) is 2. The molecule has 106 valence electrons. The number of methoxy groups -OCH3 is 1. The van der Waals surface area contributed by atoms with Crippen molar-refractivity contribution in [3.63, 3.8) is 0 Å². The fraction of sp³-hybridized carbons (Fsp3) is 0.231. The van der Waals surface area contributed by atoms with Crippen LogP contribution in [0.1, 0.15) is 16.2 Å². The molecule has 0 bridgehead atoms. The largest absolute Gasteiger partial charge is 0.494 e. The third-order valence-electron chi connectivity index (χ3n) is 2.90. The number of anilines is 2. The van der Waals surface area contributed by atoms with Crippen molar-refractivity contribution in [2.45, 2.75) is 6.92 Å². The van der Waals surface area contributed by atoms with Crippen molar-refractivity contribution in [1.82, 2.24) is 9.78 Å². The molecule has 2 aromatic rings. The van der Waals surface area contributed by atoms with Crippen LogP contribution in [0.4, 0.5) is 15.8 Å². The summed E-state index contributed by atoms with van der Waals surface area (Å²) >= 11 is 0. The van der Waals surface area contributed by atoms with Crippen LogP contribution in [0.25, 0.3) is 0 Å². The Hall–Kier alpha value is -2.57. The molecular weight excluding hydrogens is 263 g/mol. The number of benzene rings is 1. The molecule has 0 aliphatic carbocycles. The number of carbonyl (C=O) groups excluding carboxylic acids is 1. The van der Waals surface area contributed by atoms with Crippen LogP contribution >= 0.6 is 0 Å². The third kappa shape index (κ3) is 2.42. The second kappa shape index (κ2) is 5.20. The molecule has 0 unspecified atom stereocenters. The molecule has 7 heteroatoms. The maximum atomic E-state index is 13.1. The van der Waals surface area contributed by atoms with Crippen LogP contribution in [0.2, 0.25) is 0 Å². The molecule has 6 nitrogen and oxygen atoms in total. The smallest absolute Gasteiger partial charge is 0.276 e. The molecule has 0 spiro atoms. The molecule has 1 amide bonds. The van der Waals surface area contributed by atoms with Gasteiger partial charge in [0.15, 0.2) is 0 Å². The summed E-state index contributed by atoms with van der Waals surface area (Å²) in [6.07, 6.45) is 0. The van der Waals surface area contributed by atoms with Gasteiger partial charge in [-0.2, -0.15) is 5.10 Å². The summed E-state index contributed by atoms with van der Waals surface area (Å²) in [6.45, 7) is 1.71. The number of aryl methyl sites for hydroxylation is 2. The second-order valence-corrected chi connectivity index (χ2v) is 4.27. The highest BCUT2D eigenvalue weighted by Crippen LogP contribution is 2.26. The number of hydrogen-bond acceptors (Lipinski definition) is 4. The van der Waals surface area contributed by atoms with Gasteiger partial charge in [-0.15, -0.1) is 0 Å². The SMILES string of the molecule is COc1cc(F)ccc1NC(=O)c1c(N)c(C)nn1C. The van der Waals surface area contributed by atoms with E-state index in [2.05, 4.69) is 10.4 Å². The van der Waals surface area contributed by atoms with Gasteiger partial charge in [-0.05, 0) is 19.1 Å². The number of rotatable bonds is 3. The maximum absolute atomic E-state index is 13.1. The molecule has 0 saturated carbocycles. The lowest BCUT2D eigenvalue weighted by molar-refractivity contribution is 0.101. The topological polar surface area (TPSA) is 82.2 Å². The first kappa shape index (κ1) is 13.9. The first-order valence-electron chi connectivity index (χ1n) is 5.88. The minimum atomic E-state index is -0.448. The Morgan fingerprint density at radius 2 is 2.20 bits per heavy atom. The molecule has 1 aromatic carbocycles. The Bertz CT molecular complexity index is 667. The van der Waals surface area contributed by atoms with Gasteiger partial charge in [0.1, 0.15) is 17.3 Å². The third-order valence-corrected chi connectivity index (χ3v) is 2.90. The van der Waals surface area contributed by atoms with E-state index in [1.807, 2.05) is 0 Å². The van der Waals surface area contributed by atoms with E-state index in [1.165, 1.54) is 30.0 Å². The summed E-state index contributed by atoms with van der Waals surface area (Å²) in [7, 11) is 3.02. The lowest BCUT2D eigenvalue weighted by atomic mass is 10.2. The predicted molar refractivity (Wildman–Crippen MR) is 73.3 cm³/mol. The molecule has 0 aliphatic heterocycles. The van der Waals surface area contributed by atoms with E-state index in [-0.39, 0.29) is 11.4 Å². The Morgan fingerprint density at radius 3 is 2.75 bits per heavy atom. The average molecular weight is 278 g/mol. The average Bonchev–Trinajstić information content (AvgIpc) is 2.65. The van der Waals surface area contributed by atoms with Crippen molar-refractivity contribution < 1.29 is 13.9 Å². The van der Waals surface area contributed by atoms with Gasteiger partial charge in [0.25, 0.3) is 5.91 Å². The van der Waals surface area contributed by atoms with Gasteiger partial charge in [0.2, 0.25) is 0 Å². The number of aromatic nitrogens is 2. The van der Waals surface area contributed by atoms with E-state index < -0.39 is 11.7 Å². The lowest BCUT2D eigenvalue weighted by Crippen LogP contribution is -2.18. The second-order valence-electron chi connectivity index (χ2n) is 4.27. The molecule has 1 aromatic heterocycles. The molecule has 0 aliphatic rings. The van der Waals surface area contributed by atoms with Gasteiger partial charge in [-0.1, -0.05) is 0 Å². The number of carbonyl (C=O) groups is 1. The number of amides is 1. The predicted octanol–water partition coefficient (Wildman–Crippen LogP) is 1.71. The first-order valence-corrected chi connectivity index (χ1v) is 5.88. The number of nitrogens with zero attached hydrogens (tertiary/aromatic N) is 2. The van der Waals surface area contributed by atoms with E-state index >= 15 is 0 Å². The number of nitrogens with two attached hydrogens (primary N) is 1. The number of nitrogens with one attached hydrogen (secondary N) is 1. The summed E-state index contributed by atoms with van der Waals surface area (Å²) in [5.74, 6) is -0.651. The van der Waals surface area contributed by atoms with Crippen molar-refractivity contribution in [3.05, 3.63) is 35.4 Å². The highest BCUT2D eigenvalue weighted by Gasteiger charge is 2.19. The molecule has 0 radical (unpaired) electrons. The van der Waals surface area contributed by atoms with E-state index in [1.54, 1.807) is 14.0 Å². The fourth-order valence-electron chi connectivity index (χ4n) is 1.89. The summed E-state index contributed by atoms with van der Waals surface area (Å²) in [5, 5.41) is 6.70. The summed E-state index contributed by atoms with van der Waals surface area (Å²) in [4.78, 5) is 12.2. The van der Waals surface area contributed by atoms with Gasteiger partial charge in [0, 0.05) is 13.1 Å². The standard InChI is InChI=1S/C13H15FN4O2/c1-7-11(15)12(18(2)17-7)13(19)16-9-5-4-8(14)6-10(9)20-3/h4-6H,15H2,1-3H3,(H,16,19). The zero-order valence-corrected chi connectivity index (χ0v) is 11.4. The molecule has 1 heterocycles. The van der Waals surface area contributed by atoms with Crippen LogP contribution in [-0.2, 0) is 7.05 Å². The van der Waals surface area contributed by atoms with E-state index in [0.717, 1.165) is 0 Å². The Kier molecular flexibility index (Phi) is 3.60. The quantitative estimate of drug-likeness (QED) is 0.895. The molecular formula is C13H15FN4O2. The summed E-state index contributed by atoms with van der Waals surface area (Å²) in [5.41, 5.74) is 7.30. The van der Waals surface area contributed by atoms with E-state index in [9.17, 15) is 9.18 Å². The Labute approximate surface area is 115 Å². The summed E-state index contributed by atoms with van der Waals surface area (Å²) in [6, 6.07) is 3.84. The van der Waals surface area contributed by atoms with Crippen LogP contribution < -0.4 is 15.8 Å². The van der Waals surface area contributed by atoms with Gasteiger partial charge in [-0.3, -0.25) is 9.48 Å². The maximum Gasteiger partial charge on any atom is 0.276 e. The molecule has 0 saturated heterocycles. The monoisotopic (exact) mass is 278 g/mol. The molecule has 0 atom stereocenters. The normalized spacial score (nSPS) is 10.4. The summed E-state index contributed by atoms with van der Waals surface area (Å²) < 4.78 is 19.5. The van der Waals surface area contributed by atoms with Crippen LogP contribution in [-0.4, -0.2) is 22.8 Å². The lowest BCUT2D eigenvalue weighted by Gasteiger charge is -2.10. The number of nitrogen functional groups attached to an aromatic ring is 1. The van der Waals surface area contributed by atoms with Crippen LogP contribution in [0.5, 0.6) is 5.75 Å². The number of halogens is 1. The zero-order valence-electron chi connectivity index (χ0n) is 11.4. The van der Waals surface area contributed by atoms with Crippen molar-refractivity contribution in [3.8, 4) is 5.75 Å². The fourth-order valence-corrected chi connectivity index (χ4v) is 1.89. The molecule has 3 N–H and O–H groups in total. The van der Waals surface area contributed by atoms with Gasteiger partial charge >= 0.3 is 0 Å². The van der Waals surface area contributed by atoms with Gasteiger partial charge in [-0.25, -0.2) is 4.39 Å². The first-order chi connectivity index (χ1) is 9.43. The minimum Gasteiger partial charge on any atom is -0.494 e. The van der Waals surface area contributed by atoms with Crippen LogP contribution in [0, 0.1) is 12.7 Å². The van der Waals surface area contributed by atoms with E-state index in [4.69, 9.17) is 10.5 Å². The van der Waals surface area contributed by atoms with Crippen molar-refractivity contribution in [2.24, 2.45) is 7.05 Å². The Balaban J connectivity index is 2.33. The molecule has 2 rings (SSSR count). The molecule has 0 fully saturated rings. The highest BCUT2D eigenvalue weighted by atomic mass is 19.1. The minimum absolute atomic E-state index is 0.232. The van der Waals surface area contributed by atoms with E-state index in [0.29, 0.717) is 17.1 Å². The molecule has 20 heavy (non-hydrogen) atoms. The van der Waals surface area contributed by atoms with Crippen LogP contribution in [0.15, 0.2) is 18.2 Å². The van der Waals surface area contributed by atoms with Gasteiger partial charge < -0.3 is 15.8 Å². The van der Waals surface area contributed by atoms with Gasteiger partial charge in [0.05, 0.1) is 24.2 Å².